The molecule has 0 amide bonds. The number of aromatic nitrogens is 1. The molecular weight excluding hydrogens is 364 g/mol. The number of methoxy groups -OCH3 is 1. The molecule has 1 fully saturated rings. The van der Waals surface area contributed by atoms with Crippen molar-refractivity contribution in [3.05, 3.63) is 95.3 Å². The number of nitrogens with zero attached hydrogens (tertiary/aromatic N) is 2. The summed E-state index contributed by atoms with van der Waals surface area (Å²) in [6, 6.07) is 20.9. The lowest BCUT2D eigenvalue weighted by atomic mass is 10.1. The van der Waals surface area contributed by atoms with Crippen molar-refractivity contribution in [2.45, 2.75) is 19.3 Å². The van der Waals surface area contributed by atoms with Crippen LogP contribution < -0.4 is 4.74 Å². The third-order valence-corrected chi connectivity index (χ3v) is 5.13. The van der Waals surface area contributed by atoms with Crippen LogP contribution in [0.25, 0.3) is 0 Å². The van der Waals surface area contributed by atoms with Crippen LogP contribution in [0.15, 0.2) is 78.1 Å². The van der Waals surface area contributed by atoms with Crippen LogP contribution in [-0.2, 0) is 4.84 Å². The van der Waals surface area contributed by atoms with Gasteiger partial charge in [0.15, 0.2) is 0 Å². The summed E-state index contributed by atoms with van der Waals surface area (Å²) < 4.78 is 5.24. The van der Waals surface area contributed by atoms with Crippen LogP contribution in [0.5, 0.6) is 5.75 Å². The summed E-state index contributed by atoms with van der Waals surface area (Å²) in [6.07, 6.45) is 2.65. The zero-order valence-electron chi connectivity index (χ0n) is 16.4. The van der Waals surface area contributed by atoms with Gasteiger partial charge in [-0.05, 0) is 61.2 Å². The van der Waals surface area contributed by atoms with Crippen molar-refractivity contribution in [3.8, 4) is 5.75 Å². The molecular formula is C24H22N2O3. The standard InChI is InChI=1S/C24H22N2O3/c1-16-6-8-18(9-7-16)24(27)29-26-23(22-5-3-4-14-25-22)21-15-20(21)17-10-12-19(28-2)13-11-17/h3-14,20-21H,15H2,1-2H3. The second-order valence-corrected chi connectivity index (χ2v) is 7.16. The summed E-state index contributed by atoms with van der Waals surface area (Å²) in [7, 11) is 1.66. The van der Waals surface area contributed by atoms with Crippen LogP contribution >= 0.6 is 0 Å². The topological polar surface area (TPSA) is 60.8 Å². The summed E-state index contributed by atoms with van der Waals surface area (Å²) >= 11 is 0. The summed E-state index contributed by atoms with van der Waals surface area (Å²) in [5, 5.41) is 4.24. The first-order chi connectivity index (χ1) is 14.2. The van der Waals surface area contributed by atoms with Crippen molar-refractivity contribution < 1.29 is 14.4 Å². The fourth-order valence-corrected chi connectivity index (χ4v) is 3.37. The van der Waals surface area contributed by atoms with Crippen LogP contribution in [0.2, 0.25) is 0 Å². The Kier molecular flexibility index (Phi) is 5.38. The highest BCUT2D eigenvalue weighted by Gasteiger charge is 2.43. The molecule has 1 aliphatic carbocycles. The molecule has 1 aromatic heterocycles. The molecule has 1 aliphatic rings. The van der Waals surface area contributed by atoms with E-state index < -0.39 is 5.97 Å². The van der Waals surface area contributed by atoms with Gasteiger partial charge < -0.3 is 9.57 Å². The van der Waals surface area contributed by atoms with Crippen molar-refractivity contribution >= 4 is 11.7 Å². The van der Waals surface area contributed by atoms with Crippen molar-refractivity contribution in [1.82, 2.24) is 4.98 Å². The Labute approximate surface area is 170 Å². The minimum Gasteiger partial charge on any atom is -0.497 e. The lowest BCUT2D eigenvalue weighted by Crippen LogP contribution is -2.11. The van der Waals surface area contributed by atoms with E-state index in [2.05, 4.69) is 22.3 Å². The Hall–Kier alpha value is -3.47. The molecule has 5 nitrogen and oxygen atoms in total. The highest BCUT2D eigenvalue weighted by Crippen LogP contribution is 2.49. The molecule has 2 atom stereocenters. The van der Waals surface area contributed by atoms with E-state index in [1.807, 2.05) is 49.4 Å². The van der Waals surface area contributed by atoms with Gasteiger partial charge in [-0.3, -0.25) is 4.98 Å². The summed E-state index contributed by atoms with van der Waals surface area (Å²) in [4.78, 5) is 22.1. The average molecular weight is 386 g/mol. The van der Waals surface area contributed by atoms with E-state index in [0.717, 1.165) is 23.4 Å². The van der Waals surface area contributed by atoms with E-state index in [9.17, 15) is 4.79 Å². The number of ether oxygens (including phenoxy) is 1. The van der Waals surface area contributed by atoms with E-state index in [-0.39, 0.29) is 5.92 Å². The van der Waals surface area contributed by atoms with Gasteiger partial charge in [-0.25, -0.2) is 4.79 Å². The monoisotopic (exact) mass is 386 g/mol. The molecule has 3 aromatic rings. The number of benzene rings is 2. The SMILES string of the molecule is COc1ccc(C2CC2C(=NOC(=O)c2ccc(C)cc2)c2ccccn2)cc1. The van der Waals surface area contributed by atoms with Gasteiger partial charge in [0.25, 0.3) is 0 Å². The molecule has 1 heterocycles. The summed E-state index contributed by atoms with van der Waals surface area (Å²) in [5.74, 6) is 0.834. The van der Waals surface area contributed by atoms with Crippen LogP contribution in [0.1, 0.15) is 39.5 Å². The smallest absolute Gasteiger partial charge is 0.365 e. The zero-order valence-corrected chi connectivity index (χ0v) is 16.4. The Bertz CT molecular complexity index is 1010. The van der Waals surface area contributed by atoms with Gasteiger partial charge in [0.1, 0.15) is 11.5 Å². The van der Waals surface area contributed by atoms with E-state index in [0.29, 0.717) is 17.2 Å². The molecule has 2 aromatic carbocycles. The maximum atomic E-state index is 12.4. The van der Waals surface area contributed by atoms with Gasteiger partial charge in [-0.1, -0.05) is 41.1 Å². The second kappa shape index (κ2) is 8.27. The predicted molar refractivity (Wildman–Crippen MR) is 111 cm³/mol. The van der Waals surface area contributed by atoms with Crippen molar-refractivity contribution in [3.63, 3.8) is 0 Å². The minimum atomic E-state index is -0.472. The number of pyridine rings is 1. The highest BCUT2D eigenvalue weighted by molar-refractivity contribution is 6.03. The summed E-state index contributed by atoms with van der Waals surface area (Å²) in [5.41, 5.74) is 4.20. The van der Waals surface area contributed by atoms with Gasteiger partial charge in [-0.2, -0.15) is 0 Å². The van der Waals surface area contributed by atoms with Gasteiger partial charge in [-0.15, -0.1) is 0 Å². The van der Waals surface area contributed by atoms with E-state index in [4.69, 9.17) is 9.57 Å². The first-order valence-electron chi connectivity index (χ1n) is 9.57. The number of aryl methyl sites for hydroxylation is 1. The quantitative estimate of drug-likeness (QED) is 0.348. The van der Waals surface area contributed by atoms with Crippen molar-refractivity contribution in [2.75, 3.05) is 7.11 Å². The number of rotatable bonds is 6. The molecule has 4 rings (SSSR count). The van der Waals surface area contributed by atoms with Crippen LogP contribution in [0.3, 0.4) is 0 Å². The Morgan fingerprint density at radius 1 is 1.03 bits per heavy atom. The molecule has 146 valence electrons. The molecule has 5 heteroatoms. The first kappa shape index (κ1) is 18.9. The Morgan fingerprint density at radius 3 is 2.45 bits per heavy atom. The van der Waals surface area contributed by atoms with Crippen LogP contribution in [0, 0.1) is 12.8 Å². The van der Waals surface area contributed by atoms with Crippen molar-refractivity contribution in [1.29, 1.82) is 0 Å². The van der Waals surface area contributed by atoms with Gasteiger partial charge in [0.05, 0.1) is 18.4 Å². The lowest BCUT2D eigenvalue weighted by Gasteiger charge is -2.07. The second-order valence-electron chi connectivity index (χ2n) is 7.16. The van der Waals surface area contributed by atoms with E-state index >= 15 is 0 Å². The zero-order chi connectivity index (χ0) is 20.2. The Balaban J connectivity index is 1.55. The molecule has 0 radical (unpaired) electrons. The van der Waals surface area contributed by atoms with E-state index in [1.54, 1.807) is 25.4 Å². The predicted octanol–water partition coefficient (Wildman–Crippen LogP) is 4.76. The van der Waals surface area contributed by atoms with Gasteiger partial charge in [0, 0.05) is 12.1 Å². The number of hydrogen-bond donors (Lipinski definition) is 0. The third-order valence-electron chi connectivity index (χ3n) is 5.13. The summed E-state index contributed by atoms with van der Waals surface area (Å²) in [6.45, 7) is 1.97. The highest BCUT2D eigenvalue weighted by atomic mass is 16.7. The van der Waals surface area contributed by atoms with E-state index in [1.165, 1.54) is 5.56 Å². The number of oxime groups is 1. The first-order valence-corrected chi connectivity index (χ1v) is 9.57. The molecule has 2 unspecified atom stereocenters. The molecule has 1 saturated carbocycles. The number of carbonyl (C=O) groups excluding carboxylic acids is 1. The van der Waals surface area contributed by atoms with Crippen LogP contribution in [0.4, 0.5) is 0 Å². The molecule has 0 aliphatic heterocycles. The minimum absolute atomic E-state index is 0.157. The largest absolute Gasteiger partial charge is 0.497 e. The molecule has 0 N–H and O–H groups in total. The molecule has 29 heavy (non-hydrogen) atoms. The third kappa shape index (κ3) is 4.35. The maximum absolute atomic E-state index is 12.4. The van der Waals surface area contributed by atoms with Crippen LogP contribution in [-0.4, -0.2) is 23.8 Å². The van der Waals surface area contributed by atoms with Gasteiger partial charge in [0.2, 0.25) is 0 Å². The normalized spacial score (nSPS) is 18.2. The Morgan fingerprint density at radius 2 is 1.79 bits per heavy atom. The number of hydrogen-bond acceptors (Lipinski definition) is 5. The molecule has 0 bridgehead atoms. The average Bonchev–Trinajstić information content (AvgIpc) is 3.55. The number of carbonyl (C=O) groups is 1. The van der Waals surface area contributed by atoms with Gasteiger partial charge >= 0.3 is 5.97 Å². The maximum Gasteiger partial charge on any atom is 0.365 e. The fraction of sp³-hybridized carbons (Fsp3) is 0.208. The van der Waals surface area contributed by atoms with Crippen molar-refractivity contribution in [2.24, 2.45) is 11.1 Å². The fourth-order valence-electron chi connectivity index (χ4n) is 3.37. The molecule has 0 saturated heterocycles. The lowest BCUT2D eigenvalue weighted by molar-refractivity contribution is 0.0515. The molecule has 0 spiro atoms.